The van der Waals surface area contributed by atoms with Crippen LogP contribution in [0.3, 0.4) is 0 Å². The fourth-order valence-electron chi connectivity index (χ4n) is 1.89. The molecule has 1 aromatic carbocycles. The summed E-state index contributed by atoms with van der Waals surface area (Å²) in [5, 5.41) is 7.51. The van der Waals surface area contributed by atoms with Gasteiger partial charge in [-0.2, -0.15) is 18.3 Å². The molecule has 8 heteroatoms. The third-order valence-corrected chi connectivity index (χ3v) is 2.90. The largest absolute Gasteiger partial charge is 0.423 e. The van der Waals surface area contributed by atoms with E-state index < -0.39 is 23.0 Å². The smallest absolute Gasteiger partial charge is 0.383 e. The van der Waals surface area contributed by atoms with Crippen LogP contribution in [0.25, 0.3) is 0 Å². The van der Waals surface area contributed by atoms with Gasteiger partial charge >= 0.3 is 6.18 Å². The lowest BCUT2D eigenvalue weighted by molar-refractivity contribution is -0.138. The normalized spacial score (nSPS) is 11.2. The molecule has 0 spiro atoms. The first-order valence-electron chi connectivity index (χ1n) is 6.36. The number of alkyl halides is 3. The van der Waals surface area contributed by atoms with Gasteiger partial charge in [0.15, 0.2) is 5.78 Å². The minimum atomic E-state index is -4.80. The molecule has 0 aliphatic carbocycles. The van der Waals surface area contributed by atoms with E-state index in [1.165, 1.54) is 0 Å². The number of benzene rings is 1. The van der Waals surface area contributed by atoms with Crippen molar-refractivity contribution in [2.45, 2.75) is 12.6 Å². The topological polar surface area (TPSA) is 74.8 Å². The van der Waals surface area contributed by atoms with Crippen LogP contribution < -0.4 is 10.9 Å². The predicted molar refractivity (Wildman–Crippen MR) is 73.7 cm³/mol. The van der Waals surface area contributed by atoms with E-state index in [4.69, 9.17) is 0 Å². The van der Waals surface area contributed by atoms with Crippen molar-refractivity contribution in [1.29, 1.82) is 0 Å². The van der Waals surface area contributed by atoms with Gasteiger partial charge in [0.05, 0.1) is 11.9 Å². The third kappa shape index (κ3) is 3.72. The van der Waals surface area contributed by atoms with Crippen LogP contribution in [0.15, 0.2) is 41.3 Å². The molecule has 0 bridgehead atoms. The molecule has 5 nitrogen and oxygen atoms in total. The van der Waals surface area contributed by atoms with Crippen molar-refractivity contribution in [3.8, 4) is 0 Å². The number of carbonyl (C=O) groups excluding carboxylic acids is 1. The minimum Gasteiger partial charge on any atom is -0.383 e. The summed E-state index contributed by atoms with van der Waals surface area (Å²) in [6.45, 7) is -0.0397. The molecular formula is C14H12F3N3O2. The maximum absolute atomic E-state index is 12.8. The molecular weight excluding hydrogens is 299 g/mol. The Morgan fingerprint density at radius 3 is 2.55 bits per heavy atom. The number of aromatic nitrogens is 2. The Morgan fingerprint density at radius 2 is 1.91 bits per heavy atom. The molecule has 0 aliphatic heterocycles. The average Bonchev–Trinajstić information content (AvgIpc) is 2.46. The maximum atomic E-state index is 12.8. The van der Waals surface area contributed by atoms with Crippen molar-refractivity contribution in [2.24, 2.45) is 0 Å². The zero-order chi connectivity index (χ0) is 16.2. The van der Waals surface area contributed by atoms with Gasteiger partial charge in [-0.3, -0.25) is 9.59 Å². The zero-order valence-electron chi connectivity index (χ0n) is 11.3. The summed E-state index contributed by atoms with van der Waals surface area (Å²) >= 11 is 0. The van der Waals surface area contributed by atoms with E-state index in [9.17, 15) is 22.8 Å². The van der Waals surface area contributed by atoms with Gasteiger partial charge in [0, 0.05) is 18.5 Å². The van der Waals surface area contributed by atoms with Crippen molar-refractivity contribution in [1.82, 2.24) is 10.2 Å². The molecule has 1 heterocycles. The van der Waals surface area contributed by atoms with E-state index in [-0.39, 0.29) is 18.7 Å². The van der Waals surface area contributed by atoms with Crippen LogP contribution in [0.2, 0.25) is 0 Å². The number of hydrogen-bond acceptors (Lipinski definition) is 4. The first-order valence-corrected chi connectivity index (χ1v) is 6.36. The number of carbonyl (C=O) groups is 1. The van der Waals surface area contributed by atoms with E-state index >= 15 is 0 Å². The molecule has 0 fully saturated rings. The minimum absolute atomic E-state index is 0.00584. The Bertz CT molecular complexity index is 711. The average molecular weight is 311 g/mol. The molecule has 0 unspecified atom stereocenters. The third-order valence-electron chi connectivity index (χ3n) is 2.90. The first-order chi connectivity index (χ1) is 10.4. The Hall–Kier alpha value is -2.64. The van der Waals surface area contributed by atoms with Crippen LogP contribution >= 0.6 is 0 Å². The number of Topliss-reactive ketones (excluding diaryl/α,β-unsaturated/α-hetero) is 1. The SMILES string of the molecule is O=C(CCNc1cn[nH]c(=O)c1C(F)(F)F)c1ccccc1. The van der Waals surface area contributed by atoms with Crippen molar-refractivity contribution < 1.29 is 18.0 Å². The van der Waals surface area contributed by atoms with E-state index in [0.29, 0.717) is 5.56 Å². The summed E-state index contributed by atoms with van der Waals surface area (Å²) in [6.07, 6.45) is -3.94. The number of halogens is 3. The first kappa shape index (κ1) is 15.7. The van der Waals surface area contributed by atoms with E-state index in [0.717, 1.165) is 6.20 Å². The molecule has 116 valence electrons. The fourth-order valence-corrected chi connectivity index (χ4v) is 1.89. The van der Waals surface area contributed by atoms with Gasteiger partial charge in [-0.15, -0.1) is 0 Å². The summed E-state index contributed by atoms with van der Waals surface area (Å²) in [7, 11) is 0. The molecule has 2 N–H and O–H groups in total. The summed E-state index contributed by atoms with van der Waals surface area (Å²) in [6, 6.07) is 8.40. The predicted octanol–water partition coefficient (Wildman–Crippen LogP) is 2.47. The van der Waals surface area contributed by atoms with Gasteiger partial charge in [0.25, 0.3) is 5.56 Å². The zero-order valence-corrected chi connectivity index (χ0v) is 11.3. The summed E-state index contributed by atoms with van der Waals surface area (Å²) in [4.78, 5) is 23.1. The second-order valence-electron chi connectivity index (χ2n) is 4.45. The number of nitrogens with zero attached hydrogens (tertiary/aromatic N) is 1. The molecule has 0 atom stereocenters. The highest BCUT2D eigenvalue weighted by atomic mass is 19.4. The number of nitrogens with one attached hydrogen (secondary N) is 2. The summed E-state index contributed by atoms with van der Waals surface area (Å²) in [5.41, 5.74) is -2.65. The Labute approximate surface area is 123 Å². The van der Waals surface area contributed by atoms with Crippen molar-refractivity contribution in [3.63, 3.8) is 0 Å². The van der Waals surface area contributed by atoms with Crippen LogP contribution in [0.5, 0.6) is 0 Å². The van der Waals surface area contributed by atoms with Crippen molar-refractivity contribution >= 4 is 11.5 Å². The highest BCUT2D eigenvalue weighted by Gasteiger charge is 2.37. The highest BCUT2D eigenvalue weighted by molar-refractivity contribution is 5.96. The van der Waals surface area contributed by atoms with Crippen molar-refractivity contribution in [2.75, 3.05) is 11.9 Å². The lowest BCUT2D eigenvalue weighted by atomic mass is 10.1. The molecule has 0 aliphatic rings. The van der Waals surface area contributed by atoms with Gasteiger partial charge in [0.1, 0.15) is 5.56 Å². The van der Waals surface area contributed by atoms with Gasteiger partial charge in [-0.05, 0) is 0 Å². The number of rotatable bonds is 5. The van der Waals surface area contributed by atoms with E-state index in [1.54, 1.807) is 35.4 Å². The van der Waals surface area contributed by atoms with Crippen LogP contribution in [-0.2, 0) is 6.18 Å². The standard InChI is InChI=1S/C14H12F3N3O2/c15-14(16,17)12-10(8-19-20-13(12)22)18-7-6-11(21)9-4-2-1-3-5-9/h1-5,8H,6-7H2,(H2,18,20,22). The number of anilines is 1. The Kier molecular flexibility index (Phi) is 4.59. The maximum Gasteiger partial charge on any atom is 0.423 e. The molecule has 1 aromatic heterocycles. The van der Waals surface area contributed by atoms with Gasteiger partial charge in [0.2, 0.25) is 0 Å². The molecule has 0 saturated heterocycles. The molecule has 0 amide bonds. The van der Waals surface area contributed by atoms with Crippen LogP contribution in [-0.4, -0.2) is 22.5 Å². The fraction of sp³-hybridized carbons (Fsp3) is 0.214. The molecule has 2 rings (SSSR count). The second kappa shape index (κ2) is 6.42. The number of H-pyrrole nitrogens is 1. The van der Waals surface area contributed by atoms with E-state index in [1.807, 2.05) is 0 Å². The van der Waals surface area contributed by atoms with Crippen LogP contribution in [0.4, 0.5) is 18.9 Å². The van der Waals surface area contributed by atoms with Crippen LogP contribution in [0.1, 0.15) is 22.3 Å². The lowest BCUT2D eigenvalue weighted by Gasteiger charge is -2.12. The second-order valence-corrected chi connectivity index (χ2v) is 4.45. The summed E-state index contributed by atoms with van der Waals surface area (Å²) in [5.74, 6) is -0.209. The van der Waals surface area contributed by atoms with E-state index in [2.05, 4.69) is 10.4 Å². The highest BCUT2D eigenvalue weighted by Crippen LogP contribution is 2.31. The number of aromatic amines is 1. The molecule has 2 aromatic rings. The van der Waals surface area contributed by atoms with Crippen LogP contribution in [0, 0.1) is 0 Å². The molecule has 22 heavy (non-hydrogen) atoms. The lowest BCUT2D eigenvalue weighted by Crippen LogP contribution is -2.25. The monoisotopic (exact) mass is 311 g/mol. The van der Waals surface area contributed by atoms with Crippen molar-refractivity contribution in [3.05, 3.63) is 58.0 Å². The van der Waals surface area contributed by atoms with Gasteiger partial charge in [-0.25, -0.2) is 5.10 Å². The van der Waals surface area contributed by atoms with Gasteiger partial charge in [-0.1, -0.05) is 30.3 Å². The van der Waals surface area contributed by atoms with Gasteiger partial charge < -0.3 is 5.32 Å². The Balaban J connectivity index is 2.06. The molecule has 0 radical (unpaired) electrons. The number of hydrogen-bond donors (Lipinski definition) is 2. The number of ketones is 1. The molecule has 0 saturated carbocycles. The summed E-state index contributed by atoms with van der Waals surface area (Å²) < 4.78 is 38.4. The Morgan fingerprint density at radius 1 is 1.23 bits per heavy atom. The quantitative estimate of drug-likeness (QED) is 0.832.